The number of hydrogen-bond donors (Lipinski definition) is 2. The van der Waals surface area contributed by atoms with Gasteiger partial charge >= 0.3 is 0 Å². The first-order chi connectivity index (χ1) is 15.1. The maximum absolute atomic E-state index is 12.7. The minimum atomic E-state index is -3.60. The van der Waals surface area contributed by atoms with Gasteiger partial charge in [0.05, 0.1) is 17.7 Å². The molecule has 9 nitrogen and oxygen atoms in total. The highest BCUT2D eigenvalue weighted by atomic mass is 32.2. The number of carbonyl (C=O) groups is 2. The molecule has 172 valence electrons. The van der Waals surface area contributed by atoms with E-state index in [0.717, 1.165) is 10.7 Å². The number of nitrogens with one attached hydrogen (secondary N) is 2. The number of amides is 2. The molecule has 2 N–H and O–H groups in total. The van der Waals surface area contributed by atoms with Crippen LogP contribution in [0.4, 0.5) is 17.1 Å². The van der Waals surface area contributed by atoms with Crippen molar-refractivity contribution < 1.29 is 22.7 Å². The van der Waals surface area contributed by atoms with Gasteiger partial charge in [0.2, 0.25) is 21.8 Å². The number of methoxy groups -OCH3 is 1. The summed E-state index contributed by atoms with van der Waals surface area (Å²) < 4.78 is 31.2. The number of nitrogens with zero attached hydrogens (tertiary/aromatic N) is 2. The molecule has 10 heteroatoms. The zero-order chi connectivity index (χ0) is 23.5. The number of hydrogen-bond acceptors (Lipinski definition) is 6. The van der Waals surface area contributed by atoms with Crippen LogP contribution in [0.1, 0.15) is 19.8 Å². The van der Waals surface area contributed by atoms with E-state index in [1.165, 1.54) is 33.3 Å². The van der Waals surface area contributed by atoms with Crippen LogP contribution in [0.3, 0.4) is 0 Å². The van der Waals surface area contributed by atoms with E-state index in [9.17, 15) is 18.0 Å². The number of benzene rings is 2. The Hall–Kier alpha value is -3.11. The first kappa shape index (κ1) is 23.6. The van der Waals surface area contributed by atoms with Crippen LogP contribution in [0.5, 0.6) is 5.75 Å². The van der Waals surface area contributed by atoms with E-state index in [4.69, 9.17) is 4.74 Å². The Kier molecular flexibility index (Phi) is 7.05. The van der Waals surface area contributed by atoms with Gasteiger partial charge in [0.15, 0.2) is 0 Å². The Labute approximate surface area is 188 Å². The van der Waals surface area contributed by atoms with Gasteiger partial charge in [-0.2, -0.15) is 0 Å². The zero-order valence-electron chi connectivity index (χ0n) is 18.6. The average Bonchev–Trinajstić information content (AvgIpc) is 3.19. The molecule has 0 aliphatic carbocycles. The first-order valence-corrected chi connectivity index (χ1v) is 11.7. The smallest absolute Gasteiger partial charge is 0.246 e. The van der Waals surface area contributed by atoms with E-state index >= 15 is 0 Å². The lowest BCUT2D eigenvalue weighted by molar-refractivity contribution is -0.117. The van der Waals surface area contributed by atoms with Crippen molar-refractivity contribution in [3.63, 3.8) is 0 Å². The molecule has 0 saturated carbocycles. The third-order valence-electron chi connectivity index (χ3n) is 5.20. The minimum absolute atomic E-state index is 0.0651. The number of ether oxygens (including phenoxy) is 1. The SMILES string of the molecule is COc1cc(N[C@@H](C)C(=O)Nc2cccc(S(=O)(=O)N(C)C)c2)ccc1N1CCCC1=O. The van der Waals surface area contributed by atoms with Crippen LogP contribution < -0.4 is 20.3 Å². The van der Waals surface area contributed by atoms with Crippen molar-refractivity contribution in [3.8, 4) is 5.75 Å². The van der Waals surface area contributed by atoms with Crippen LogP contribution in [-0.2, 0) is 19.6 Å². The van der Waals surface area contributed by atoms with Crippen molar-refractivity contribution in [3.05, 3.63) is 42.5 Å². The van der Waals surface area contributed by atoms with Gasteiger partial charge in [-0.1, -0.05) is 6.07 Å². The Balaban J connectivity index is 1.70. The molecule has 3 rings (SSSR count). The topological polar surface area (TPSA) is 108 Å². The second-order valence-electron chi connectivity index (χ2n) is 7.71. The molecule has 1 aliphatic rings. The van der Waals surface area contributed by atoms with Crippen molar-refractivity contribution in [2.45, 2.75) is 30.7 Å². The predicted octanol–water partition coefficient (Wildman–Crippen LogP) is 2.51. The lowest BCUT2D eigenvalue weighted by Crippen LogP contribution is -2.32. The number of rotatable bonds is 8. The van der Waals surface area contributed by atoms with E-state index in [1.807, 2.05) is 0 Å². The average molecular weight is 461 g/mol. The molecule has 1 aliphatic heterocycles. The van der Waals surface area contributed by atoms with Gasteiger partial charge < -0.3 is 20.3 Å². The van der Waals surface area contributed by atoms with Gasteiger partial charge in [-0.25, -0.2) is 12.7 Å². The van der Waals surface area contributed by atoms with E-state index < -0.39 is 16.1 Å². The van der Waals surface area contributed by atoms with Gasteiger partial charge in [0, 0.05) is 44.5 Å². The molecule has 0 spiro atoms. The van der Waals surface area contributed by atoms with Gasteiger partial charge in [0.1, 0.15) is 11.8 Å². The Morgan fingerprint density at radius 2 is 1.91 bits per heavy atom. The number of anilines is 3. The molecule has 2 aromatic carbocycles. The largest absolute Gasteiger partial charge is 0.494 e. The highest BCUT2D eigenvalue weighted by Gasteiger charge is 2.25. The summed E-state index contributed by atoms with van der Waals surface area (Å²) in [5, 5.41) is 5.84. The van der Waals surface area contributed by atoms with Crippen molar-refractivity contribution in [2.75, 3.05) is 43.3 Å². The van der Waals surface area contributed by atoms with E-state index in [0.29, 0.717) is 35.8 Å². The van der Waals surface area contributed by atoms with Crippen LogP contribution in [0.25, 0.3) is 0 Å². The molecule has 0 bridgehead atoms. The molecule has 32 heavy (non-hydrogen) atoms. The van der Waals surface area contributed by atoms with Crippen molar-refractivity contribution in [1.82, 2.24) is 4.31 Å². The predicted molar refractivity (Wildman–Crippen MR) is 124 cm³/mol. The van der Waals surface area contributed by atoms with E-state index in [1.54, 1.807) is 42.2 Å². The van der Waals surface area contributed by atoms with Crippen molar-refractivity contribution >= 4 is 38.9 Å². The highest BCUT2D eigenvalue weighted by molar-refractivity contribution is 7.89. The summed E-state index contributed by atoms with van der Waals surface area (Å²) in [5.74, 6) is 0.275. The third-order valence-corrected chi connectivity index (χ3v) is 7.01. The molecule has 1 heterocycles. The van der Waals surface area contributed by atoms with Crippen LogP contribution in [-0.4, -0.2) is 58.3 Å². The Morgan fingerprint density at radius 3 is 2.53 bits per heavy atom. The molecule has 1 fully saturated rings. The summed E-state index contributed by atoms with van der Waals surface area (Å²) in [6, 6.07) is 10.8. The fourth-order valence-electron chi connectivity index (χ4n) is 3.40. The summed E-state index contributed by atoms with van der Waals surface area (Å²) in [4.78, 5) is 26.5. The fraction of sp³-hybridized carbons (Fsp3) is 0.364. The monoisotopic (exact) mass is 460 g/mol. The summed E-state index contributed by atoms with van der Waals surface area (Å²) in [7, 11) is 0.834. The Morgan fingerprint density at radius 1 is 1.16 bits per heavy atom. The molecular weight excluding hydrogens is 432 g/mol. The second-order valence-corrected chi connectivity index (χ2v) is 9.86. The first-order valence-electron chi connectivity index (χ1n) is 10.2. The lowest BCUT2D eigenvalue weighted by Gasteiger charge is -2.21. The molecule has 1 saturated heterocycles. The quantitative estimate of drug-likeness (QED) is 0.627. The van der Waals surface area contributed by atoms with E-state index in [2.05, 4.69) is 10.6 Å². The van der Waals surface area contributed by atoms with Gasteiger partial charge in [-0.3, -0.25) is 9.59 Å². The van der Waals surface area contributed by atoms with E-state index in [-0.39, 0.29) is 16.7 Å². The van der Waals surface area contributed by atoms with Crippen LogP contribution in [0, 0.1) is 0 Å². The summed E-state index contributed by atoms with van der Waals surface area (Å²) in [5.41, 5.74) is 1.74. The summed E-state index contributed by atoms with van der Waals surface area (Å²) in [6.45, 7) is 2.35. The van der Waals surface area contributed by atoms with Gasteiger partial charge in [0.25, 0.3) is 0 Å². The number of carbonyl (C=O) groups excluding carboxylic acids is 2. The Bertz CT molecular complexity index is 1120. The van der Waals surface area contributed by atoms with Gasteiger partial charge in [-0.15, -0.1) is 0 Å². The highest BCUT2D eigenvalue weighted by Crippen LogP contribution is 2.34. The van der Waals surface area contributed by atoms with Gasteiger partial charge in [-0.05, 0) is 43.7 Å². The molecule has 0 radical (unpaired) electrons. The maximum Gasteiger partial charge on any atom is 0.246 e. The molecule has 2 amide bonds. The van der Waals surface area contributed by atoms with Crippen LogP contribution in [0.2, 0.25) is 0 Å². The molecule has 0 unspecified atom stereocenters. The molecule has 1 atom stereocenters. The zero-order valence-corrected chi connectivity index (χ0v) is 19.4. The second kappa shape index (κ2) is 9.58. The normalized spacial score (nSPS) is 15.0. The summed E-state index contributed by atoms with van der Waals surface area (Å²) >= 11 is 0. The summed E-state index contributed by atoms with van der Waals surface area (Å²) in [6.07, 6.45) is 1.34. The fourth-order valence-corrected chi connectivity index (χ4v) is 4.35. The van der Waals surface area contributed by atoms with Crippen LogP contribution >= 0.6 is 0 Å². The lowest BCUT2D eigenvalue weighted by atomic mass is 10.2. The standard InChI is InChI=1S/C22H28N4O5S/c1-15(22(28)24-16-7-5-8-18(13-16)32(29,30)25(2)3)23-17-10-11-19(20(14-17)31-4)26-12-6-9-21(26)27/h5,7-8,10-11,13-15,23H,6,9,12H2,1-4H3,(H,24,28)/t15-/m0/s1. The third kappa shape index (κ3) is 5.03. The minimum Gasteiger partial charge on any atom is -0.494 e. The maximum atomic E-state index is 12.7. The number of sulfonamides is 1. The molecular formula is C22H28N4O5S. The van der Waals surface area contributed by atoms with Crippen molar-refractivity contribution in [2.24, 2.45) is 0 Å². The molecule has 0 aromatic heterocycles. The van der Waals surface area contributed by atoms with Crippen LogP contribution in [0.15, 0.2) is 47.4 Å². The van der Waals surface area contributed by atoms with Crippen molar-refractivity contribution in [1.29, 1.82) is 0 Å². The molecule has 2 aromatic rings.